The van der Waals surface area contributed by atoms with Gasteiger partial charge in [-0.3, -0.25) is 4.79 Å². The molecule has 0 spiro atoms. The quantitative estimate of drug-likeness (QED) is 0.0363. The molecule has 5 heteroatoms. The van der Waals surface area contributed by atoms with Crippen LogP contribution in [-0.4, -0.2) is 46.1 Å². The second-order valence-corrected chi connectivity index (χ2v) is 18.1. The summed E-state index contributed by atoms with van der Waals surface area (Å²) >= 11 is 0. The van der Waals surface area contributed by atoms with E-state index in [4.69, 9.17) is 0 Å². The maximum Gasteiger partial charge on any atom is 0.220 e. The first-order chi connectivity index (χ1) is 29.1. The SMILES string of the molecule is CCCCCCCCC/C=C/CCCC(O)C(O)C(CO)NC(=O)CCCCCCCCCCCCCCCCCCC/C=C\C/C=C\CCCCCCCCCCC. The lowest BCUT2D eigenvalue weighted by molar-refractivity contribution is -0.124. The molecule has 0 aromatic carbocycles. The highest BCUT2D eigenvalue weighted by atomic mass is 16.3. The molecule has 1 amide bonds. The van der Waals surface area contributed by atoms with Crippen molar-refractivity contribution in [3.63, 3.8) is 0 Å². The van der Waals surface area contributed by atoms with Crippen molar-refractivity contribution in [1.82, 2.24) is 5.32 Å². The van der Waals surface area contributed by atoms with Crippen LogP contribution < -0.4 is 5.32 Å². The highest BCUT2D eigenvalue weighted by Gasteiger charge is 2.26. The normalized spacial score (nSPS) is 13.6. The second-order valence-electron chi connectivity index (χ2n) is 18.1. The molecule has 0 aliphatic carbocycles. The van der Waals surface area contributed by atoms with E-state index in [1.54, 1.807) is 0 Å². The molecule has 0 heterocycles. The van der Waals surface area contributed by atoms with Crippen LogP contribution in [0, 0.1) is 0 Å². The Kier molecular flexibility index (Phi) is 48.0. The zero-order valence-electron chi connectivity index (χ0n) is 39.6. The highest BCUT2D eigenvalue weighted by molar-refractivity contribution is 5.76. The fourth-order valence-corrected chi connectivity index (χ4v) is 8.14. The van der Waals surface area contributed by atoms with Crippen LogP contribution in [0.1, 0.15) is 277 Å². The van der Waals surface area contributed by atoms with Crippen molar-refractivity contribution >= 4 is 5.91 Å². The molecule has 0 aliphatic rings. The molecule has 0 saturated heterocycles. The number of carbonyl (C=O) groups excluding carboxylic acids is 1. The maximum absolute atomic E-state index is 12.5. The van der Waals surface area contributed by atoms with Gasteiger partial charge in [0.1, 0.15) is 6.10 Å². The van der Waals surface area contributed by atoms with Crippen LogP contribution in [0.15, 0.2) is 36.5 Å². The minimum Gasteiger partial charge on any atom is -0.394 e. The average Bonchev–Trinajstić information content (AvgIpc) is 3.24. The van der Waals surface area contributed by atoms with Gasteiger partial charge in [-0.05, 0) is 70.6 Å². The van der Waals surface area contributed by atoms with Crippen molar-refractivity contribution in [3.05, 3.63) is 36.5 Å². The van der Waals surface area contributed by atoms with Gasteiger partial charge in [0.25, 0.3) is 0 Å². The predicted molar refractivity (Wildman–Crippen MR) is 259 cm³/mol. The molecule has 0 bridgehead atoms. The van der Waals surface area contributed by atoms with Crippen molar-refractivity contribution in [2.45, 2.75) is 295 Å². The molecular formula is C54H103NO4. The number of aliphatic hydroxyl groups excluding tert-OH is 3. The molecule has 4 N–H and O–H groups in total. The molecule has 348 valence electrons. The van der Waals surface area contributed by atoms with E-state index in [0.717, 1.165) is 44.9 Å². The number of aliphatic hydroxyl groups is 3. The number of rotatable bonds is 48. The fraction of sp³-hybridized carbons (Fsp3) is 0.870. The van der Waals surface area contributed by atoms with Crippen molar-refractivity contribution < 1.29 is 20.1 Å². The third-order valence-corrected chi connectivity index (χ3v) is 12.2. The Hall–Kier alpha value is -1.43. The number of hydrogen-bond donors (Lipinski definition) is 4. The van der Waals surface area contributed by atoms with Crippen LogP contribution >= 0.6 is 0 Å². The number of nitrogens with one attached hydrogen (secondary N) is 1. The molecule has 0 aromatic heterocycles. The monoisotopic (exact) mass is 830 g/mol. The van der Waals surface area contributed by atoms with E-state index >= 15 is 0 Å². The van der Waals surface area contributed by atoms with E-state index in [1.165, 1.54) is 205 Å². The number of carbonyl (C=O) groups is 1. The van der Waals surface area contributed by atoms with Gasteiger partial charge >= 0.3 is 0 Å². The predicted octanol–water partition coefficient (Wildman–Crippen LogP) is 15.9. The Morgan fingerprint density at radius 3 is 1.08 bits per heavy atom. The maximum atomic E-state index is 12.5. The number of allylic oxidation sites excluding steroid dienone is 6. The lowest BCUT2D eigenvalue weighted by atomic mass is 10.0. The van der Waals surface area contributed by atoms with Gasteiger partial charge < -0.3 is 20.6 Å². The molecule has 0 rings (SSSR count). The molecule has 0 aromatic rings. The van der Waals surface area contributed by atoms with Crippen molar-refractivity contribution in [1.29, 1.82) is 0 Å². The second kappa shape index (κ2) is 49.2. The van der Waals surface area contributed by atoms with Crippen LogP contribution in [0.4, 0.5) is 0 Å². The number of unbranched alkanes of at least 4 members (excludes halogenated alkanes) is 34. The minimum atomic E-state index is -1.16. The van der Waals surface area contributed by atoms with Gasteiger partial charge in [-0.2, -0.15) is 0 Å². The van der Waals surface area contributed by atoms with Crippen LogP contribution in [-0.2, 0) is 4.79 Å². The third-order valence-electron chi connectivity index (χ3n) is 12.2. The molecule has 0 fully saturated rings. The molecule has 5 nitrogen and oxygen atoms in total. The summed E-state index contributed by atoms with van der Waals surface area (Å²) in [5.41, 5.74) is 0. The molecular weight excluding hydrogens is 727 g/mol. The fourth-order valence-electron chi connectivity index (χ4n) is 8.14. The first-order valence-corrected chi connectivity index (χ1v) is 26.3. The highest BCUT2D eigenvalue weighted by Crippen LogP contribution is 2.16. The number of amides is 1. The Bertz CT molecular complexity index is 916. The largest absolute Gasteiger partial charge is 0.394 e. The van der Waals surface area contributed by atoms with E-state index in [1.807, 2.05) is 0 Å². The topological polar surface area (TPSA) is 89.8 Å². The van der Waals surface area contributed by atoms with Gasteiger partial charge in [-0.25, -0.2) is 0 Å². The van der Waals surface area contributed by atoms with Gasteiger partial charge in [-0.15, -0.1) is 0 Å². The average molecular weight is 830 g/mol. The smallest absolute Gasteiger partial charge is 0.220 e. The van der Waals surface area contributed by atoms with Crippen LogP contribution in [0.5, 0.6) is 0 Å². The molecule has 59 heavy (non-hydrogen) atoms. The van der Waals surface area contributed by atoms with Crippen LogP contribution in [0.25, 0.3) is 0 Å². The van der Waals surface area contributed by atoms with Gasteiger partial charge in [0, 0.05) is 6.42 Å². The van der Waals surface area contributed by atoms with E-state index in [2.05, 4.69) is 55.6 Å². The zero-order valence-corrected chi connectivity index (χ0v) is 39.6. The molecule has 3 unspecified atom stereocenters. The summed E-state index contributed by atoms with van der Waals surface area (Å²) in [6, 6.07) is -0.824. The van der Waals surface area contributed by atoms with E-state index < -0.39 is 18.2 Å². The van der Waals surface area contributed by atoms with Gasteiger partial charge in [0.2, 0.25) is 5.91 Å². The van der Waals surface area contributed by atoms with Crippen LogP contribution in [0.3, 0.4) is 0 Å². The summed E-state index contributed by atoms with van der Waals surface area (Å²) in [6.07, 6.45) is 63.0. The Morgan fingerprint density at radius 2 is 0.729 bits per heavy atom. The summed E-state index contributed by atoms with van der Waals surface area (Å²) in [5, 5.41) is 33.5. The minimum absolute atomic E-state index is 0.153. The standard InChI is InChI=1S/C54H103NO4/c1-3-5-7-9-11-13-15-17-18-19-20-21-22-23-24-25-26-27-28-29-30-31-32-33-34-35-36-37-39-41-43-45-47-49-53(58)55-51(50-56)54(59)52(57)48-46-44-42-40-38-16-14-12-10-8-6-4-2/h20-21,23-24,40,42,51-52,54,56-57,59H,3-19,22,25-39,41,43-50H2,1-2H3,(H,55,58)/b21-20-,24-23-,42-40+. The van der Waals surface area contributed by atoms with E-state index in [0.29, 0.717) is 12.8 Å². The van der Waals surface area contributed by atoms with Crippen molar-refractivity contribution in [2.24, 2.45) is 0 Å². The summed E-state index contributed by atoms with van der Waals surface area (Å²) in [6.45, 7) is 4.16. The molecule has 0 aliphatic heterocycles. The van der Waals surface area contributed by atoms with Crippen molar-refractivity contribution in [3.8, 4) is 0 Å². The Balaban J connectivity index is 3.50. The van der Waals surface area contributed by atoms with Crippen LogP contribution in [0.2, 0.25) is 0 Å². The zero-order chi connectivity index (χ0) is 43.0. The third kappa shape index (κ3) is 44.4. The first kappa shape index (κ1) is 57.6. The lowest BCUT2D eigenvalue weighted by Gasteiger charge is -2.26. The summed E-state index contributed by atoms with van der Waals surface area (Å²) in [4.78, 5) is 12.5. The van der Waals surface area contributed by atoms with E-state index in [-0.39, 0.29) is 12.5 Å². The summed E-state index contributed by atoms with van der Waals surface area (Å²) in [7, 11) is 0. The van der Waals surface area contributed by atoms with Crippen molar-refractivity contribution in [2.75, 3.05) is 6.61 Å². The Labute approximate surface area is 368 Å². The molecule has 0 radical (unpaired) electrons. The lowest BCUT2D eigenvalue weighted by Crippen LogP contribution is -2.50. The molecule has 3 atom stereocenters. The van der Waals surface area contributed by atoms with Gasteiger partial charge in [0.05, 0.1) is 18.8 Å². The summed E-state index contributed by atoms with van der Waals surface area (Å²) in [5.74, 6) is -0.153. The van der Waals surface area contributed by atoms with E-state index in [9.17, 15) is 20.1 Å². The molecule has 0 saturated carbocycles. The number of hydrogen-bond acceptors (Lipinski definition) is 4. The Morgan fingerprint density at radius 1 is 0.424 bits per heavy atom. The van der Waals surface area contributed by atoms with Gasteiger partial charge in [-0.1, -0.05) is 237 Å². The first-order valence-electron chi connectivity index (χ1n) is 26.3. The van der Waals surface area contributed by atoms with Gasteiger partial charge in [0.15, 0.2) is 0 Å². The summed E-state index contributed by atoms with van der Waals surface area (Å²) < 4.78 is 0.